The van der Waals surface area contributed by atoms with Crippen LogP contribution < -0.4 is 51.4 Å². The van der Waals surface area contributed by atoms with E-state index in [1.54, 1.807) is 0 Å². The van der Waals surface area contributed by atoms with Crippen molar-refractivity contribution in [3.05, 3.63) is 11.5 Å². The molecule has 1 saturated carbocycles. The second-order valence-corrected chi connectivity index (χ2v) is 4.41. The summed E-state index contributed by atoms with van der Waals surface area (Å²) in [7, 11) is 0. The Morgan fingerprint density at radius 1 is 1.21 bits per heavy atom. The van der Waals surface area contributed by atoms with Gasteiger partial charge < -0.3 is 12.9 Å². The Balaban J connectivity index is 0.00000169. The molecule has 1 aliphatic rings. The van der Waals surface area contributed by atoms with Crippen molar-refractivity contribution in [1.29, 1.82) is 0 Å². The Morgan fingerprint density at radius 2 is 1.79 bits per heavy atom. The molecular weight excluding hydrogens is 215 g/mol. The second-order valence-electron chi connectivity index (χ2n) is 4.41. The van der Waals surface area contributed by atoms with Crippen molar-refractivity contribution >= 4 is 6.98 Å². The van der Waals surface area contributed by atoms with Crippen molar-refractivity contribution in [2.24, 2.45) is 5.41 Å². The van der Waals surface area contributed by atoms with Gasteiger partial charge in [0.05, 0.1) is 0 Å². The summed E-state index contributed by atoms with van der Waals surface area (Å²) >= 11 is 0. The zero-order valence-electron chi connectivity index (χ0n) is 9.12. The zero-order chi connectivity index (χ0) is 10.1. The van der Waals surface area contributed by atoms with Crippen LogP contribution >= 0.6 is 0 Å². The van der Waals surface area contributed by atoms with Crippen LogP contribution in [0, 0.1) is 5.41 Å². The minimum atomic E-state index is -4.75. The normalized spacial score (nSPS) is 24.5. The van der Waals surface area contributed by atoms with E-state index in [4.69, 9.17) is 0 Å². The van der Waals surface area contributed by atoms with E-state index in [1.807, 2.05) is 13.8 Å². The Kier molecular flexibility index (Phi) is 6.01. The fraction of sp³-hybridized carbons (Fsp3) is 0.778. The molecule has 0 radical (unpaired) electrons. The summed E-state index contributed by atoms with van der Waals surface area (Å²) in [6.07, 6.45) is 3.45. The molecule has 5 heteroatoms. The maximum absolute atomic E-state index is 12.2. The van der Waals surface area contributed by atoms with Gasteiger partial charge in [0.2, 0.25) is 0 Å². The molecule has 14 heavy (non-hydrogen) atoms. The monoisotopic (exact) mass is 230 g/mol. The van der Waals surface area contributed by atoms with Gasteiger partial charge in [0.25, 0.3) is 0 Å². The van der Waals surface area contributed by atoms with Crippen molar-refractivity contribution in [1.82, 2.24) is 0 Å². The second kappa shape index (κ2) is 5.53. The minimum absolute atomic E-state index is 0. The van der Waals surface area contributed by atoms with Gasteiger partial charge in [0.1, 0.15) is 0 Å². The van der Waals surface area contributed by atoms with Gasteiger partial charge >= 0.3 is 58.4 Å². The van der Waals surface area contributed by atoms with E-state index in [0.717, 1.165) is 19.3 Å². The molecule has 76 valence electrons. The molecule has 0 spiro atoms. The molecule has 0 aromatic rings. The third-order valence-electron chi connectivity index (χ3n) is 2.76. The summed E-state index contributed by atoms with van der Waals surface area (Å²) in [6.45, 7) is -0.950. The first-order valence-corrected chi connectivity index (χ1v) is 4.73. The van der Waals surface area contributed by atoms with Crippen LogP contribution in [0.3, 0.4) is 0 Å². The van der Waals surface area contributed by atoms with E-state index in [9.17, 15) is 12.9 Å². The Labute approximate surface area is 126 Å². The molecule has 1 aliphatic carbocycles. The van der Waals surface area contributed by atoms with E-state index in [0.29, 0.717) is 18.0 Å². The third-order valence-corrected chi connectivity index (χ3v) is 2.76. The number of halogens is 3. The number of rotatable bonds is 1. The van der Waals surface area contributed by atoms with Gasteiger partial charge in [0, 0.05) is 0 Å². The Bertz CT molecular complexity index is 221. The standard InChI is InChI=1S/C9H15BF3.K/c1-9(2)6-4-3-5-8(9)7-10(11,12)13;/h7H,3-6H2,1-2H3;/q-1;+1/b8-7+;. The zero-order valence-corrected chi connectivity index (χ0v) is 12.2. The van der Waals surface area contributed by atoms with Crippen LogP contribution in [0.5, 0.6) is 0 Å². The van der Waals surface area contributed by atoms with Crippen LogP contribution in [0.2, 0.25) is 0 Å². The molecule has 0 amide bonds. The van der Waals surface area contributed by atoms with Crippen LogP contribution in [0.25, 0.3) is 0 Å². The molecule has 1 rings (SSSR count). The van der Waals surface area contributed by atoms with E-state index in [-0.39, 0.29) is 56.8 Å². The van der Waals surface area contributed by atoms with Gasteiger partial charge in [-0.05, 0) is 24.7 Å². The van der Waals surface area contributed by atoms with Crippen LogP contribution in [0.1, 0.15) is 39.5 Å². The summed E-state index contributed by atoms with van der Waals surface area (Å²) in [4.78, 5) is 0. The fourth-order valence-electron chi connectivity index (χ4n) is 1.92. The first-order valence-electron chi connectivity index (χ1n) is 4.73. The summed E-state index contributed by atoms with van der Waals surface area (Å²) in [5.41, 5.74) is 0.349. The van der Waals surface area contributed by atoms with Crippen LogP contribution in [0.4, 0.5) is 12.9 Å². The van der Waals surface area contributed by atoms with E-state index in [2.05, 4.69) is 0 Å². The first kappa shape index (κ1) is 15.2. The number of hydrogen-bond acceptors (Lipinski definition) is 0. The van der Waals surface area contributed by atoms with Crippen LogP contribution in [-0.2, 0) is 0 Å². The van der Waals surface area contributed by atoms with Crippen molar-refractivity contribution in [2.45, 2.75) is 39.5 Å². The molecular formula is C9H15BF3K. The molecule has 0 atom stereocenters. The number of allylic oxidation sites excluding steroid dienone is 1. The van der Waals surface area contributed by atoms with Gasteiger partial charge in [-0.3, -0.25) is 0 Å². The summed E-state index contributed by atoms with van der Waals surface area (Å²) in [5.74, 6) is 0.555. The largest absolute Gasteiger partial charge is 1.00 e. The number of hydrogen-bond donors (Lipinski definition) is 0. The SMILES string of the molecule is CC1(C)CCCC/C1=C\[B-](F)(F)F.[K+]. The van der Waals surface area contributed by atoms with Gasteiger partial charge in [-0.2, -0.15) is 0 Å². The van der Waals surface area contributed by atoms with E-state index >= 15 is 0 Å². The van der Waals surface area contributed by atoms with Crippen molar-refractivity contribution in [2.75, 3.05) is 0 Å². The molecule has 0 N–H and O–H groups in total. The molecule has 0 unspecified atom stereocenters. The predicted molar refractivity (Wildman–Crippen MR) is 49.4 cm³/mol. The smallest absolute Gasteiger partial charge is 0.445 e. The van der Waals surface area contributed by atoms with E-state index < -0.39 is 6.98 Å². The van der Waals surface area contributed by atoms with Crippen molar-refractivity contribution in [3.8, 4) is 0 Å². The Morgan fingerprint density at radius 3 is 2.21 bits per heavy atom. The molecule has 0 aromatic heterocycles. The third kappa shape index (κ3) is 4.84. The molecule has 0 nitrogen and oxygen atoms in total. The molecule has 0 aliphatic heterocycles. The summed E-state index contributed by atoms with van der Waals surface area (Å²) in [5, 5.41) is 0. The van der Waals surface area contributed by atoms with Crippen molar-refractivity contribution in [3.63, 3.8) is 0 Å². The van der Waals surface area contributed by atoms with Gasteiger partial charge in [-0.25, -0.2) is 0 Å². The molecule has 0 bridgehead atoms. The molecule has 0 heterocycles. The molecule has 0 aromatic carbocycles. The molecule has 0 saturated heterocycles. The first-order chi connectivity index (χ1) is 5.81. The van der Waals surface area contributed by atoms with Gasteiger partial charge in [0.15, 0.2) is 0 Å². The van der Waals surface area contributed by atoms with Gasteiger partial charge in [-0.15, -0.1) is 5.98 Å². The van der Waals surface area contributed by atoms with Crippen molar-refractivity contribution < 1.29 is 64.3 Å². The minimum Gasteiger partial charge on any atom is -0.445 e. The average molecular weight is 230 g/mol. The van der Waals surface area contributed by atoms with Crippen LogP contribution in [-0.4, -0.2) is 6.98 Å². The molecule has 1 fully saturated rings. The van der Waals surface area contributed by atoms with Gasteiger partial charge in [-0.1, -0.05) is 25.8 Å². The maximum Gasteiger partial charge on any atom is 1.00 e. The fourth-order valence-corrected chi connectivity index (χ4v) is 1.92. The maximum atomic E-state index is 12.2. The topological polar surface area (TPSA) is 0 Å². The summed E-state index contributed by atoms with van der Waals surface area (Å²) in [6, 6.07) is 0. The Hall–Kier alpha value is 1.23. The van der Waals surface area contributed by atoms with Crippen LogP contribution in [0.15, 0.2) is 11.5 Å². The predicted octanol–water partition coefficient (Wildman–Crippen LogP) is 0.904. The quantitative estimate of drug-likeness (QED) is 0.587. The summed E-state index contributed by atoms with van der Waals surface area (Å²) < 4.78 is 36.5. The average Bonchev–Trinajstić information content (AvgIpc) is 1.91. The van der Waals surface area contributed by atoms with E-state index in [1.165, 1.54) is 0 Å².